The lowest BCUT2D eigenvalue weighted by Crippen LogP contribution is -2.03. The van der Waals surface area contributed by atoms with Gasteiger partial charge in [-0.2, -0.15) is 0 Å². The van der Waals surface area contributed by atoms with E-state index in [1.807, 2.05) is 50.2 Å². The number of hydrogen-bond acceptors (Lipinski definition) is 2. The zero-order valence-corrected chi connectivity index (χ0v) is 13.1. The molecule has 0 aliphatic heterocycles. The summed E-state index contributed by atoms with van der Waals surface area (Å²) >= 11 is 0. The number of phenolic OH excluding ortho intramolecular Hbond substituents is 2. The predicted octanol–water partition coefficient (Wildman–Crippen LogP) is 4.76. The zero-order chi connectivity index (χ0) is 15.4. The smallest absolute Gasteiger partial charge is 0.122 e. The first kappa shape index (κ1) is 15.4. The van der Waals surface area contributed by atoms with Gasteiger partial charge in [0.1, 0.15) is 11.5 Å². The lowest BCUT2D eigenvalue weighted by atomic mass is 9.85. The van der Waals surface area contributed by atoms with E-state index >= 15 is 0 Å². The molecule has 2 aromatic carbocycles. The van der Waals surface area contributed by atoms with Gasteiger partial charge in [0.05, 0.1) is 0 Å². The quantitative estimate of drug-likeness (QED) is 0.830. The highest BCUT2D eigenvalue weighted by Gasteiger charge is 2.21. The summed E-state index contributed by atoms with van der Waals surface area (Å²) in [5.74, 6) is 0.754. The summed E-state index contributed by atoms with van der Waals surface area (Å²) in [7, 11) is 0. The van der Waals surface area contributed by atoms with Gasteiger partial charge in [0.2, 0.25) is 0 Å². The summed E-state index contributed by atoms with van der Waals surface area (Å²) in [5, 5.41) is 21.0. The molecule has 2 nitrogen and oxygen atoms in total. The Morgan fingerprint density at radius 2 is 1.19 bits per heavy atom. The first-order chi connectivity index (χ1) is 10.1. The van der Waals surface area contributed by atoms with E-state index in [4.69, 9.17) is 0 Å². The van der Waals surface area contributed by atoms with Crippen LogP contribution in [0.2, 0.25) is 0 Å². The maximum Gasteiger partial charge on any atom is 0.122 e. The number of rotatable bonds is 5. The minimum Gasteiger partial charge on any atom is -0.507 e. The molecule has 2 aromatic rings. The van der Waals surface area contributed by atoms with Crippen molar-refractivity contribution in [1.82, 2.24) is 0 Å². The monoisotopic (exact) mass is 284 g/mol. The van der Waals surface area contributed by atoms with Crippen molar-refractivity contribution in [3.63, 3.8) is 0 Å². The van der Waals surface area contributed by atoms with Gasteiger partial charge in [0.15, 0.2) is 0 Å². The Hall–Kier alpha value is -1.96. The molecule has 112 valence electrons. The van der Waals surface area contributed by atoms with Crippen molar-refractivity contribution in [1.29, 1.82) is 0 Å². The molecule has 2 heteroatoms. The molecule has 0 heterocycles. The van der Waals surface area contributed by atoms with E-state index in [9.17, 15) is 10.2 Å². The maximum absolute atomic E-state index is 10.5. The van der Waals surface area contributed by atoms with E-state index in [-0.39, 0.29) is 5.92 Å². The minimum atomic E-state index is 0.0167. The van der Waals surface area contributed by atoms with Gasteiger partial charge < -0.3 is 10.2 Å². The third kappa shape index (κ3) is 2.90. The van der Waals surface area contributed by atoms with Crippen LogP contribution in [0.5, 0.6) is 11.5 Å². The second kappa shape index (κ2) is 6.66. The summed E-state index contributed by atoms with van der Waals surface area (Å²) < 4.78 is 0. The van der Waals surface area contributed by atoms with Crippen LogP contribution < -0.4 is 0 Å². The third-order valence-electron chi connectivity index (χ3n) is 4.22. The Balaban J connectivity index is 2.55. The molecule has 0 aromatic heterocycles. The molecule has 0 bridgehead atoms. The predicted molar refractivity (Wildman–Crippen MR) is 87.1 cm³/mol. The van der Waals surface area contributed by atoms with Gasteiger partial charge in [-0.25, -0.2) is 0 Å². The summed E-state index contributed by atoms with van der Waals surface area (Å²) in [4.78, 5) is 0. The number of benzene rings is 2. The van der Waals surface area contributed by atoms with Crippen LogP contribution in [0.15, 0.2) is 36.4 Å². The maximum atomic E-state index is 10.5. The van der Waals surface area contributed by atoms with Gasteiger partial charge in [0, 0.05) is 17.0 Å². The van der Waals surface area contributed by atoms with Crippen molar-refractivity contribution in [3.05, 3.63) is 58.7 Å². The molecule has 0 saturated heterocycles. The van der Waals surface area contributed by atoms with E-state index < -0.39 is 0 Å². The van der Waals surface area contributed by atoms with Crippen molar-refractivity contribution in [3.8, 4) is 11.5 Å². The lowest BCUT2D eigenvalue weighted by molar-refractivity contribution is 0.446. The van der Waals surface area contributed by atoms with Gasteiger partial charge >= 0.3 is 0 Å². The van der Waals surface area contributed by atoms with Crippen molar-refractivity contribution in [2.24, 2.45) is 0 Å². The van der Waals surface area contributed by atoms with Gasteiger partial charge in [-0.05, 0) is 30.4 Å². The highest BCUT2D eigenvalue weighted by molar-refractivity contribution is 5.51. The molecule has 0 aliphatic rings. The lowest BCUT2D eigenvalue weighted by Gasteiger charge is -2.21. The number of aryl methyl sites for hydroxylation is 2. The van der Waals surface area contributed by atoms with E-state index in [1.54, 1.807) is 0 Å². The molecule has 21 heavy (non-hydrogen) atoms. The van der Waals surface area contributed by atoms with E-state index in [2.05, 4.69) is 6.92 Å². The Morgan fingerprint density at radius 1 is 0.762 bits per heavy atom. The summed E-state index contributed by atoms with van der Waals surface area (Å²) in [5.41, 5.74) is 3.72. The summed E-state index contributed by atoms with van der Waals surface area (Å²) in [6.07, 6.45) is 2.44. The Morgan fingerprint density at radius 3 is 1.52 bits per heavy atom. The molecular formula is C19H24O2. The summed E-state index contributed by atoms with van der Waals surface area (Å²) in [6.45, 7) is 6.16. The Bertz CT molecular complexity index is 563. The van der Waals surface area contributed by atoms with Crippen LogP contribution in [0.1, 0.15) is 55.4 Å². The van der Waals surface area contributed by atoms with Crippen LogP contribution in [0.25, 0.3) is 0 Å². The Kier molecular flexibility index (Phi) is 4.89. The van der Waals surface area contributed by atoms with Gasteiger partial charge in [-0.1, -0.05) is 57.2 Å². The van der Waals surface area contributed by atoms with Crippen LogP contribution in [-0.4, -0.2) is 10.2 Å². The highest BCUT2D eigenvalue weighted by Crippen LogP contribution is 2.40. The van der Waals surface area contributed by atoms with Crippen LogP contribution in [0.4, 0.5) is 0 Å². The van der Waals surface area contributed by atoms with Gasteiger partial charge in [-0.3, -0.25) is 0 Å². The van der Waals surface area contributed by atoms with Gasteiger partial charge in [0.25, 0.3) is 0 Å². The van der Waals surface area contributed by atoms with E-state index in [0.717, 1.165) is 41.5 Å². The van der Waals surface area contributed by atoms with Crippen molar-refractivity contribution < 1.29 is 10.2 Å². The molecule has 0 fully saturated rings. The minimum absolute atomic E-state index is 0.0167. The average molecular weight is 284 g/mol. The number of phenols is 2. The molecule has 0 spiro atoms. The van der Waals surface area contributed by atoms with E-state index in [0.29, 0.717) is 11.5 Å². The molecule has 0 amide bonds. The fraction of sp³-hybridized carbons (Fsp3) is 0.368. The van der Waals surface area contributed by atoms with Crippen LogP contribution in [0, 0.1) is 0 Å². The van der Waals surface area contributed by atoms with Crippen LogP contribution in [0.3, 0.4) is 0 Å². The zero-order valence-electron chi connectivity index (χ0n) is 13.1. The molecule has 2 rings (SSSR count). The largest absolute Gasteiger partial charge is 0.507 e. The SMILES string of the molecule is CCc1cccc(C(CC)c2cccc(CC)c2O)c1O. The topological polar surface area (TPSA) is 40.5 Å². The number of hydrogen-bond donors (Lipinski definition) is 2. The average Bonchev–Trinajstić information content (AvgIpc) is 2.51. The first-order valence-electron chi connectivity index (χ1n) is 7.75. The third-order valence-corrected chi connectivity index (χ3v) is 4.22. The normalized spacial score (nSPS) is 11.0. The molecule has 2 N–H and O–H groups in total. The standard InChI is InChI=1S/C19H24O2/c1-4-13-9-7-11-16(18(13)20)15(6-3)17-12-8-10-14(5-2)19(17)21/h7-12,15,20-21H,4-6H2,1-3H3. The number of aromatic hydroxyl groups is 2. The van der Waals surface area contributed by atoms with Crippen LogP contribution >= 0.6 is 0 Å². The summed E-state index contributed by atoms with van der Waals surface area (Å²) in [6, 6.07) is 11.8. The van der Waals surface area contributed by atoms with Crippen molar-refractivity contribution in [2.75, 3.05) is 0 Å². The fourth-order valence-corrected chi connectivity index (χ4v) is 2.96. The molecule has 0 radical (unpaired) electrons. The molecule has 0 aliphatic carbocycles. The van der Waals surface area contributed by atoms with Crippen molar-refractivity contribution in [2.45, 2.75) is 46.0 Å². The van der Waals surface area contributed by atoms with E-state index in [1.165, 1.54) is 0 Å². The second-order valence-electron chi connectivity index (χ2n) is 5.38. The van der Waals surface area contributed by atoms with Gasteiger partial charge in [-0.15, -0.1) is 0 Å². The first-order valence-corrected chi connectivity index (χ1v) is 7.75. The Labute approximate surface area is 127 Å². The van der Waals surface area contributed by atoms with Crippen LogP contribution in [-0.2, 0) is 12.8 Å². The molecular weight excluding hydrogens is 260 g/mol. The molecule has 0 unspecified atom stereocenters. The molecule has 0 saturated carbocycles. The fourth-order valence-electron chi connectivity index (χ4n) is 2.96. The highest BCUT2D eigenvalue weighted by atomic mass is 16.3. The second-order valence-corrected chi connectivity index (χ2v) is 5.38. The molecule has 0 atom stereocenters. The number of para-hydroxylation sites is 2. The van der Waals surface area contributed by atoms with Crippen molar-refractivity contribution >= 4 is 0 Å².